The molecule has 0 aromatic carbocycles. The summed E-state index contributed by atoms with van der Waals surface area (Å²) in [6.07, 6.45) is 5.18. The normalized spacial score (nSPS) is 10.9. The average molecular weight is 201 g/mol. The van der Waals surface area contributed by atoms with Crippen LogP contribution in [0.2, 0.25) is 0 Å². The van der Waals surface area contributed by atoms with Gasteiger partial charge < -0.3 is 10.3 Å². The monoisotopic (exact) mass is 201 g/mol. The minimum atomic E-state index is 0.352. The summed E-state index contributed by atoms with van der Waals surface area (Å²) in [5.74, 6) is 0.933. The van der Waals surface area contributed by atoms with E-state index < -0.39 is 0 Å². The Morgan fingerprint density at radius 1 is 1.40 bits per heavy atom. The maximum absolute atomic E-state index is 5.46. The fourth-order valence-electron chi connectivity index (χ4n) is 1.36. The van der Waals surface area contributed by atoms with Crippen molar-refractivity contribution in [1.29, 1.82) is 0 Å². The quantitative estimate of drug-likeness (QED) is 0.634. The topological polar surface area (TPSA) is 82.2 Å². The van der Waals surface area contributed by atoms with Crippen molar-refractivity contribution in [3.8, 4) is 11.3 Å². The second kappa shape index (κ2) is 2.81. The fourth-order valence-corrected chi connectivity index (χ4v) is 1.36. The lowest BCUT2D eigenvalue weighted by Crippen LogP contribution is -1.90. The first-order chi connectivity index (χ1) is 7.33. The van der Waals surface area contributed by atoms with Gasteiger partial charge in [0.1, 0.15) is 0 Å². The van der Waals surface area contributed by atoms with Crippen LogP contribution >= 0.6 is 0 Å². The van der Waals surface area contributed by atoms with Crippen LogP contribution in [0.4, 0.5) is 5.82 Å². The zero-order chi connectivity index (χ0) is 10.3. The Labute approximate surface area is 84.3 Å². The van der Waals surface area contributed by atoms with E-state index >= 15 is 0 Å². The van der Waals surface area contributed by atoms with Gasteiger partial charge in [-0.3, -0.25) is 0 Å². The lowest BCUT2D eigenvalue weighted by atomic mass is 10.2. The molecule has 0 unspecified atom stereocenters. The molecule has 15 heavy (non-hydrogen) atoms. The highest BCUT2D eigenvalue weighted by molar-refractivity contribution is 5.59. The molecule has 0 aliphatic carbocycles. The highest BCUT2D eigenvalue weighted by atomic mass is 16.5. The first-order valence-electron chi connectivity index (χ1n) is 4.35. The Morgan fingerprint density at radius 3 is 3.13 bits per heavy atom. The summed E-state index contributed by atoms with van der Waals surface area (Å²) in [6.45, 7) is 0. The van der Waals surface area contributed by atoms with E-state index in [4.69, 9.17) is 10.3 Å². The zero-order valence-electron chi connectivity index (χ0n) is 7.66. The van der Waals surface area contributed by atoms with Gasteiger partial charge in [0.15, 0.2) is 17.2 Å². The predicted molar refractivity (Wildman–Crippen MR) is 52.9 cm³/mol. The number of nitrogen functional groups attached to an aromatic ring is 1. The molecule has 0 bridgehead atoms. The van der Waals surface area contributed by atoms with Gasteiger partial charge in [0.2, 0.25) is 0 Å². The third kappa shape index (κ3) is 1.23. The van der Waals surface area contributed by atoms with Crippen molar-refractivity contribution in [2.75, 3.05) is 5.73 Å². The summed E-state index contributed by atoms with van der Waals surface area (Å²) in [7, 11) is 0. The van der Waals surface area contributed by atoms with Crippen molar-refractivity contribution < 1.29 is 4.52 Å². The summed E-state index contributed by atoms with van der Waals surface area (Å²) in [5.41, 5.74) is 7.03. The fraction of sp³-hybridized carbons (Fsp3) is 0. The molecule has 0 atom stereocenters. The van der Waals surface area contributed by atoms with Crippen LogP contribution < -0.4 is 5.73 Å². The number of nitrogens with two attached hydrogens (primary N) is 1. The largest absolute Gasteiger partial charge is 0.381 e. The second-order valence-electron chi connectivity index (χ2n) is 3.09. The van der Waals surface area contributed by atoms with E-state index in [0.29, 0.717) is 11.6 Å². The van der Waals surface area contributed by atoms with Crippen molar-refractivity contribution in [1.82, 2.24) is 19.8 Å². The van der Waals surface area contributed by atoms with E-state index in [1.807, 2.05) is 12.3 Å². The molecule has 0 saturated carbocycles. The van der Waals surface area contributed by atoms with Crippen LogP contribution in [0, 0.1) is 0 Å². The molecule has 0 aliphatic rings. The molecule has 6 nitrogen and oxygen atoms in total. The molecule has 3 rings (SSSR count). The van der Waals surface area contributed by atoms with E-state index in [0.717, 1.165) is 11.2 Å². The van der Waals surface area contributed by atoms with Crippen LogP contribution in [0.25, 0.3) is 17.0 Å². The average Bonchev–Trinajstić information content (AvgIpc) is 2.84. The number of hydrogen-bond donors (Lipinski definition) is 1. The predicted octanol–water partition coefficient (Wildman–Crippen LogP) is 0.966. The first-order valence-corrected chi connectivity index (χ1v) is 4.35. The minimum Gasteiger partial charge on any atom is -0.381 e. The minimum absolute atomic E-state index is 0.352. The summed E-state index contributed by atoms with van der Waals surface area (Å²) >= 11 is 0. The molecule has 3 heterocycles. The summed E-state index contributed by atoms with van der Waals surface area (Å²) in [6, 6.07) is 3.46. The van der Waals surface area contributed by atoms with Crippen LogP contribution in [-0.4, -0.2) is 19.8 Å². The molecule has 3 aromatic rings. The molecular formula is C9H7N5O. The second-order valence-corrected chi connectivity index (χ2v) is 3.09. The highest BCUT2D eigenvalue weighted by Gasteiger charge is 2.06. The Balaban J connectivity index is 2.18. The molecule has 0 amide bonds. The SMILES string of the molecule is Nc1cc(-c2cnc3ccnn3c2)on1. The maximum Gasteiger partial charge on any atom is 0.172 e. The zero-order valence-corrected chi connectivity index (χ0v) is 7.66. The summed E-state index contributed by atoms with van der Waals surface area (Å²) in [4.78, 5) is 4.20. The smallest absolute Gasteiger partial charge is 0.172 e. The van der Waals surface area contributed by atoms with Crippen molar-refractivity contribution in [2.24, 2.45) is 0 Å². The van der Waals surface area contributed by atoms with Crippen LogP contribution in [-0.2, 0) is 0 Å². The molecule has 0 fully saturated rings. The van der Waals surface area contributed by atoms with Gasteiger partial charge in [-0.2, -0.15) is 5.10 Å². The van der Waals surface area contributed by atoms with Gasteiger partial charge >= 0.3 is 0 Å². The van der Waals surface area contributed by atoms with Crippen molar-refractivity contribution in [3.63, 3.8) is 0 Å². The van der Waals surface area contributed by atoms with Gasteiger partial charge in [-0.25, -0.2) is 9.50 Å². The summed E-state index contributed by atoms with van der Waals surface area (Å²) < 4.78 is 6.68. The lowest BCUT2D eigenvalue weighted by molar-refractivity contribution is 0.435. The molecular weight excluding hydrogens is 194 g/mol. The van der Waals surface area contributed by atoms with Crippen molar-refractivity contribution in [3.05, 3.63) is 30.7 Å². The Hall–Kier alpha value is -2.37. The molecule has 0 saturated heterocycles. The number of hydrogen-bond acceptors (Lipinski definition) is 5. The molecule has 0 radical (unpaired) electrons. The summed E-state index contributed by atoms with van der Waals surface area (Å²) in [5, 5.41) is 7.68. The van der Waals surface area contributed by atoms with Crippen molar-refractivity contribution >= 4 is 11.5 Å². The molecule has 0 spiro atoms. The lowest BCUT2D eigenvalue weighted by Gasteiger charge is -1.95. The first kappa shape index (κ1) is 7.98. The highest BCUT2D eigenvalue weighted by Crippen LogP contribution is 2.20. The number of rotatable bonds is 1. The van der Waals surface area contributed by atoms with Crippen LogP contribution in [0.3, 0.4) is 0 Å². The number of nitrogens with zero attached hydrogens (tertiary/aromatic N) is 4. The van der Waals surface area contributed by atoms with E-state index in [1.165, 1.54) is 0 Å². The Kier molecular flexibility index (Phi) is 1.49. The third-order valence-corrected chi connectivity index (χ3v) is 2.06. The number of fused-ring (bicyclic) bond motifs is 1. The van der Waals surface area contributed by atoms with Crippen LogP contribution in [0.1, 0.15) is 0 Å². The standard InChI is InChI=1S/C9H7N5O/c10-8-3-7(15-13-8)6-4-11-9-1-2-12-14(9)5-6/h1-5H,(H2,10,13). The Bertz CT molecular complexity index is 612. The van der Waals surface area contributed by atoms with Gasteiger partial charge in [0.05, 0.1) is 11.8 Å². The molecule has 0 aliphatic heterocycles. The molecule has 6 heteroatoms. The van der Waals surface area contributed by atoms with Gasteiger partial charge in [0.25, 0.3) is 0 Å². The molecule has 3 aromatic heterocycles. The Morgan fingerprint density at radius 2 is 2.33 bits per heavy atom. The van der Waals surface area contributed by atoms with E-state index in [2.05, 4.69) is 15.2 Å². The van der Waals surface area contributed by atoms with Gasteiger partial charge in [-0.15, -0.1) is 0 Å². The third-order valence-electron chi connectivity index (χ3n) is 2.06. The number of aromatic nitrogens is 4. The van der Waals surface area contributed by atoms with Crippen LogP contribution in [0.5, 0.6) is 0 Å². The van der Waals surface area contributed by atoms with Crippen LogP contribution in [0.15, 0.2) is 35.2 Å². The van der Waals surface area contributed by atoms with Gasteiger partial charge in [-0.1, -0.05) is 5.16 Å². The van der Waals surface area contributed by atoms with Gasteiger partial charge in [-0.05, 0) is 0 Å². The van der Waals surface area contributed by atoms with Crippen molar-refractivity contribution in [2.45, 2.75) is 0 Å². The van der Waals surface area contributed by atoms with E-state index in [1.54, 1.807) is 23.0 Å². The molecule has 2 N–H and O–H groups in total. The van der Waals surface area contributed by atoms with E-state index in [-0.39, 0.29) is 0 Å². The maximum atomic E-state index is 5.46. The van der Waals surface area contributed by atoms with E-state index in [9.17, 15) is 0 Å². The van der Waals surface area contributed by atoms with Gasteiger partial charge in [0, 0.05) is 24.5 Å². The molecule has 74 valence electrons. The number of anilines is 1.